The maximum absolute atomic E-state index is 4.47. The molecule has 1 aliphatic heterocycles. The lowest BCUT2D eigenvalue weighted by molar-refractivity contribution is 0.228. The van der Waals surface area contributed by atoms with E-state index >= 15 is 0 Å². The zero-order chi connectivity index (χ0) is 14.7. The van der Waals surface area contributed by atoms with Crippen molar-refractivity contribution in [3.05, 3.63) is 12.2 Å². The second-order valence-electron chi connectivity index (χ2n) is 7.54. The zero-order valence-corrected chi connectivity index (χ0v) is 14.2. The van der Waals surface area contributed by atoms with Crippen molar-refractivity contribution in [3.63, 3.8) is 0 Å². The lowest BCUT2D eigenvalue weighted by atomic mass is 9.81. The Morgan fingerprint density at radius 3 is 2.55 bits per heavy atom. The minimum atomic E-state index is 0.735. The molecule has 2 aliphatic rings. The highest BCUT2D eigenvalue weighted by molar-refractivity contribution is 5.06. The fourth-order valence-electron chi connectivity index (χ4n) is 4.60. The van der Waals surface area contributed by atoms with Gasteiger partial charge in [0.05, 0.1) is 0 Å². The van der Waals surface area contributed by atoms with Crippen molar-refractivity contribution in [2.75, 3.05) is 7.05 Å². The van der Waals surface area contributed by atoms with E-state index in [1.54, 1.807) is 5.57 Å². The highest BCUT2D eigenvalue weighted by Crippen LogP contribution is 2.40. The van der Waals surface area contributed by atoms with Crippen molar-refractivity contribution < 1.29 is 0 Å². The molecule has 0 bridgehead atoms. The monoisotopic (exact) mass is 277 g/mol. The molecule has 0 aromatic carbocycles. The molecule has 1 heterocycles. The van der Waals surface area contributed by atoms with Gasteiger partial charge in [0.25, 0.3) is 0 Å². The topological polar surface area (TPSA) is 3.24 Å². The van der Waals surface area contributed by atoms with Gasteiger partial charge in [-0.3, -0.25) is 0 Å². The highest BCUT2D eigenvalue weighted by Gasteiger charge is 2.36. The van der Waals surface area contributed by atoms with E-state index in [2.05, 4.69) is 39.3 Å². The maximum atomic E-state index is 4.47. The summed E-state index contributed by atoms with van der Waals surface area (Å²) in [6.45, 7) is 11.6. The number of allylic oxidation sites excluding steroid dienone is 1. The van der Waals surface area contributed by atoms with Crippen LogP contribution in [0.3, 0.4) is 0 Å². The van der Waals surface area contributed by atoms with Crippen LogP contribution < -0.4 is 0 Å². The number of rotatable bonds is 6. The van der Waals surface area contributed by atoms with Crippen molar-refractivity contribution >= 4 is 0 Å². The molecular weight excluding hydrogens is 242 g/mol. The Labute approximate surface area is 126 Å². The Morgan fingerprint density at radius 2 is 1.95 bits per heavy atom. The summed E-state index contributed by atoms with van der Waals surface area (Å²) in [7, 11) is 2.33. The maximum Gasteiger partial charge on any atom is 0.00987 e. The molecule has 1 nitrogen and oxygen atoms in total. The molecule has 1 heteroatoms. The van der Waals surface area contributed by atoms with E-state index < -0.39 is 0 Å². The SMILES string of the molecule is C=C(CC1CC(CCC)N(C)C1C)C(C)C1CCCC1. The Morgan fingerprint density at radius 1 is 1.30 bits per heavy atom. The number of likely N-dealkylation sites (tertiary alicyclic amines) is 1. The molecule has 0 spiro atoms. The van der Waals surface area contributed by atoms with E-state index in [4.69, 9.17) is 0 Å². The van der Waals surface area contributed by atoms with E-state index in [1.807, 2.05) is 0 Å². The highest BCUT2D eigenvalue weighted by atomic mass is 15.2. The summed E-state index contributed by atoms with van der Waals surface area (Å²) < 4.78 is 0. The second-order valence-corrected chi connectivity index (χ2v) is 7.54. The van der Waals surface area contributed by atoms with Crippen LogP contribution in [0.15, 0.2) is 12.2 Å². The summed E-state index contributed by atoms with van der Waals surface area (Å²) in [6, 6.07) is 1.55. The van der Waals surface area contributed by atoms with E-state index in [0.29, 0.717) is 0 Å². The van der Waals surface area contributed by atoms with Crippen LogP contribution in [0.1, 0.15) is 72.1 Å². The van der Waals surface area contributed by atoms with Crippen molar-refractivity contribution in [2.45, 2.75) is 84.2 Å². The molecule has 0 aromatic heterocycles. The van der Waals surface area contributed by atoms with Crippen LogP contribution >= 0.6 is 0 Å². The molecule has 1 saturated heterocycles. The third-order valence-electron chi connectivity index (χ3n) is 6.37. The predicted molar refractivity (Wildman–Crippen MR) is 88.9 cm³/mol. The molecular formula is C19H35N. The molecule has 2 fully saturated rings. The van der Waals surface area contributed by atoms with E-state index in [9.17, 15) is 0 Å². The average Bonchev–Trinajstić information content (AvgIpc) is 3.04. The first-order valence-corrected chi connectivity index (χ1v) is 8.94. The van der Waals surface area contributed by atoms with Gasteiger partial charge in [0.15, 0.2) is 0 Å². The third-order valence-corrected chi connectivity index (χ3v) is 6.37. The van der Waals surface area contributed by atoms with Crippen LogP contribution in [0.2, 0.25) is 0 Å². The van der Waals surface area contributed by atoms with E-state index in [-0.39, 0.29) is 0 Å². The summed E-state index contributed by atoms with van der Waals surface area (Å²) >= 11 is 0. The van der Waals surface area contributed by atoms with Crippen LogP contribution in [0.25, 0.3) is 0 Å². The van der Waals surface area contributed by atoms with Gasteiger partial charge in [0.1, 0.15) is 0 Å². The summed E-state index contributed by atoms with van der Waals surface area (Å²) in [5.41, 5.74) is 1.54. The molecule has 1 aliphatic carbocycles. The van der Waals surface area contributed by atoms with Gasteiger partial charge in [-0.2, -0.15) is 0 Å². The molecule has 0 N–H and O–H groups in total. The van der Waals surface area contributed by atoms with Crippen LogP contribution in [0, 0.1) is 17.8 Å². The molecule has 4 atom stereocenters. The molecule has 4 unspecified atom stereocenters. The fraction of sp³-hybridized carbons (Fsp3) is 0.895. The van der Waals surface area contributed by atoms with Crippen molar-refractivity contribution in [1.29, 1.82) is 0 Å². The summed E-state index contributed by atoms with van der Waals surface area (Å²) in [4.78, 5) is 2.63. The van der Waals surface area contributed by atoms with Crippen LogP contribution in [-0.2, 0) is 0 Å². The number of hydrogen-bond donors (Lipinski definition) is 0. The first-order valence-electron chi connectivity index (χ1n) is 8.94. The van der Waals surface area contributed by atoms with Crippen molar-refractivity contribution in [3.8, 4) is 0 Å². The largest absolute Gasteiger partial charge is 0.300 e. The molecule has 116 valence electrons. The van der Waals surface area contributed by atoms with Gasteiger partial charge >= 0.3 is 0 Å². The van der Waals surface area contributed by atoms with Gasteiger partial charge in [-0.1, -0.05) is 45.3 Å². The van der Waals surface area contributed by atoms with Crippen LogP contribution in [-0.4, -0.2) is 24.0 Å². The first-order chi connectivity index (χ1) is 9.54. The number of nitrogens with zero attached hydrogens (tertiary/aromatic N) is 1. The quantitative estimate of drug-likeness (QED) is 0.598. The predicted octanol–water partition coefficient (Wildman–Crippen LogP) is 5.27. The third kappa shape index (κ3) is 3.47. The molecule has 0 amide bonds. The molecule has 2 rings (SSSR count). The Bertz CT molecular complexity index is 316. The Balaban J connectivity index is 1.87. The van der Waals surface area contributed by atoms with E-state index in [1.165, 1.54) is 51.4 Å². The van der Waals surface area contributed by atoms with Crippen molar-refractivity contribution in [2.24, 2.45) is 17.8 Å². The summed E-state index contributed by atoms with van der Waals surface area (Å²) in [6.07, 6.45) is 11.1. The molecule has 0 aromatic rings. The van der Waals surface area contributed by atoms with Crippen LogP contribution in [0.5, 0.6) is 0 Å². The first kappa shape index (κ1) is 16.1. The average molecular weight is 277 g/mol. The Hall–Kier alpha value is -0.300. The van der Waals surface area contributed by atoms with Gasteiger partial charge in [0.2, 0.25) is 0 Å². The van der Waals surface area contributed by atoms with Gasteiger partial charge < -0.3 is 4.90 Å². The lowest BCUT2D eigenvalue weighted by Crippen LogP contribution is -2.31. The summed E-state index contributed by atoms with van der Waals surface area (Å²) in [5.74, 6) is 2.52. The lowest BCUT2D eigenvalue weighted by Gasteiger charge is -2.27. The molecule has 0 radical (unpaired) electrons. The number of hydrogen-bond acceptors (Lipinski definition) is 1. The smallest absolute Gasteiger partial charge is 0.00987 e. The van der Waals surface area contributed by atoms with Gasteiger partial charge in [0, 0.05) is 12.1 Å². The minimum Gasteiger partial charge on any atom is -0.300 e. The minimum absolute atomic E-state index is 0.735. The second kappa shape index (κ2) is 7.11. The normalized spacial score (nSPS) is 33.7. The molecule has 20 heavy (non-hydrogen) atoms. The van der Waals surface area contributed by atoms with Gasteiger partial charge in [-0.25, -0.2) is 0 Å². The zero-order valence-electron chi connectivity index (χ0n) is 14.2. The summed E-state index contributed by atoms with van der Waals surface area (Å²) in [5, 5.41) is 0. The van der Waals surface area contributed by atoms with Gasteiger partial charge in [-0.05, 0) is 63.8 Å². The van der Waals surface area contributed by atoms with Crippen LogP contribution in [0.4, 0.5) is 0 Å². The fourth-order valence-corrected chi connectivity index (χ4v) is 4.60. The molecule has 1 saturated carbocycles. The van der Waals surface area contributed by atoms with Crippen molar-refractivity contribution in [1.82, 2.24) is 4.90 Å². The standard InChI is InChI=1S/C19H35N/c1-6-9-19-13-18(16(4)20(19)5)12-14(2)15(3)17-10-7-8-11-17/h15-19H,2,6-13H2,1,3-5H3. The van der Waals surface area contributed by atoms with Gasteiger partial charge in [-0.15, -0.1) is 0 Å². The van der Waals surface area contributed by atoms with E-state index in [0.717, 1.165) is 29.8 Å². The Kier molecular flexibility index (Phi) is 5.72.